The van der Waals surface area contributed by atoms with Gasteiger partial charge in [-0.2, -0.15) is 0 Å². The second kappa shape index (κ2) is 5.62. The van der Waals surface area contributed by atoms with Crippen LogP contribution >= 0.6 is 11.6 Å². The van der Waals surface area contributed by atoms with E-state index in [0.29, 0.717) is 0 Å². The molecular formula is C11H7ClFN3O4S. The number of nitrogens with one attached hydrogen (secondary N) is 1. The standard InChI is InChI=1S/C11H7ClFN3O4S/c12-11-6-8(3-4-14-11)21(19,20)15-10-5-7(16(17)18)1-2-9(10)13/h1-6,15H. The van der Waals surface area contributed by atoms with Gasteiger partial charge in [-0.3, -0.25) is 14.8 Å². The Morgan fingerprint density at radius 2 is 2.00 bits per heavy atom. The highest BCUT2D eigenvalue weighted by atomic mass is 35.5. The van der Waals surface area contributed by atoms with Gasteiger partial charge in [0.15, 0.2) is 0 Å². The van der Waals surface area contributed by atoms with Crippen LogP contribution in [0.3, 0.4) is 0 Å². The molecule has 0 saturated carbocycles. The van der Waals surface area contributed by atoms with Crippen molar-refractivity contribution < 1.29 is 17.7 Å². The molecule has 7 nitrogen and oxygen atoms in total. The third kappa shape index (κ3) is 3.44. The number of anilines is 1. The molecule has 0 bridgehead atoms. The van der Waals surface area contributed by atoms with Gasteiger partial charge in [-0.15, -0.1) is 0 Å². The van der Waals surface area contributed by atoms with Crippen molar-refractivity contribution in [1.29, 1.82) is 0 Å². The van der Waals surface area contributed by atoms with Crippen molar-refractivity contribution in [2.24, 2.45) is 0 Å². The van der Waals surface area contributed by atoms with Gasteiger partial charge in [0.2, 0.25) is 0 Å². The Kier molecular flexibility index (Phi) is 4.05. The number of hydrogen-bond acceptors (Lipinski definition) is 5. The van der Waals surface area contributed by atoms with Gasteiger partial charge in [0, 0.05) is 18.3 Å². The number of non-ortho nitro benzene ring substituents is 1. The molecule has 1 aromatic carbocycles. The summed E-state index contributed by atoms with van der Waals surface area (Å²) in [5.41, 5.74) is -0.973. The fourth-order valence-corrected chi connectivity index (χ4v) is 2.77. The van der Waals surface area contributed by atoms with Crippen molar-refractivity contribution >= 4 is 33.0 Å². The minimum atomic E-state index is -4.14. The molecule has 2 rings (SSSR count). The van der Waals surface area contributed by atoms with Gasteiger partial charge in [-0.25, -0.2) is 17.8 Å². The average molecular weight is 332 g/mol. The minimum Gasteiger partial charge on any atom is -0.276 e. The van der Waals surface area contributed by atoms with Crippen LogP contribution in [0.15, 0.2) is 41.4 Å². The van der Waals surface area contributed by atoms with Crippen LogP contribution in [0.5, 0.6) is 0 Å². The monoisotopic (exact) mass is 331 g/mol. The van der Waals surface area contributed by atoms with Gasteiger partial charge in [0.05, 0.1) is 15.5 Å². The molecule has 0 aliphatic rings. The van der Waals surface area contributed by atoms with Crippen LogP contribution in [0.25, 0.3) is 0 Å². The SMILES string of the molecule is O=[N+]([O-])c1ccc(F)c(NS(=O)(=O)c2ccnc(Cl)c2)c1. The molecule has 2 aromatic rings. The molecule has 0 spiro atoms. The Balaban J connectivity index is 2.41. The molecule has 0 unspecified atom stereocenters. The first kappa shape index (κ1) is 15.1. The fourth-order valence-electron chi connectivity index (χ4n) is 1.46. The molecule has 1 heterocycles. The predicted octanol–water partition coefficient (Wildman–Crippen LogP) is 2.58. The van der Waals surface area contributed by atoms with E-state index >= 15 is 0 Å². The van der Waals surface area contributed by atoms with Gasteiger partial charge in [-0.05, 0) is 18.2 Å². The predicted molar refractivity (Wildman–Crippen MR) is 73.1 cm³/mol. The zero-order valence-corrected chi connectivity index (χ0v) is 11.7. The molecule has 0 atom stereocenters. The Labute approximate surface area is 123 Å². The topological polar surface area (TPSA) is 102 Å². The number of nitro benzene ring substituents is 1. The summed E-state index contributed by atoms with van der Waals surface area (Å²) in [5, 5.41) is 10.6. The van der Waals surface area contributed by atoms with Crippen LogP contribution in [0.2, 0.25) is 5.15 Å². The van der Waals surface area contributed by atoms with Crippen molar-refractivity contribution in [2.45, 2.75) is 4.90 Å². The lowest BCUT2D eigenvalue weighted by atomic mass is 10.3. The zero-order valence-electron chi connectivity index (χ0n) is 10.2. The van der Waals surface area contributed by atoms with Crippen LogP contribution < -0.4 is 4.72 Å². The second-order valence-electron chi connectivity index (χ2n) is 3.84. The summed E-state index contributed by atoms with van der Waals surface area (Å²) in [6.45, 7) is 0. The molecule has 1 aromatic heterocycles. The van der Waals surface area contributed by atoms with Gasteiger partial charge in [0.1, 0.15) is 11.0 Å². The quantitative estimate of drug-likeness (QED) is 0.527. The first-order chi connectivity index (χ1) is 9.79. The van der Waals surface area contributed by atoms with Gasteiger partial charge >= 0.3 is 0 Å². The van der Waals surface area contributed by atoms with Crippen molar-refractivity contribution in [3.63, 3.8) is 0 Å². The number of rotatable bonds is 4. The molecule has 0 aliphatic carbocycles. The average Bonchev–Trinajstić information content (AvgIpc) is 2.41. The Morgan fingerprint density at radius 1 is 1.29 bits per heavy atom. The van der Waals surface area contributed by atoms with E-state index in [9.17, 15) is 22.9 Å². The highest BCUT2D eigenvalue weighted by Gasteiger charge is 2.19. The Bertz CT molecular complexity index is 813. The van der Waals surface area contributed by atoms with E-state index in [1.54, 1.807) is 0 Å². The molecule has 1 N–H and O–H groups in total. The maximum Gasteiger partial charge on any atom is 0.271 e. The molecule has 110 valence electrons. The summed E-state index contributed by atoms with van der Waals surface area (Å²) in [5.74, 6) is -0.940. The molecule has 21 heavy (non-hydrogen) atoms. The van der Waals surface area contributed by atoms with Crippen LogP contribution in [-0.4, -0.2) is 18.3 Å². The highest BCUT2D eigenvalue weighted by molar-refractivity contribution is 7.92. The first-order valence-corrected chi connectivity index (χ1v) is 7.24. The van der Waals surface area contributed by atoms with Crippen molar-refractivity contribution in [1.82, 2.24) is 4.98 Å². The smallest absolute Gasteiger partial charge is 0.271 e. The van der Waals surface area contributed by atoms with E-state index in [1.165, 1.54) is 6.20 Å². The molecular weight excluding hydrogens is 325 g/mol. The van der Waals surface area contributed by atoms with E-state index in [1.807, 2.05) is 4.72 Å². The summed E-state index contributed by atoms with van der Waals surface area (Å²) in [6.07, 6.45) is 1.17. The van der Waals surface area contributed by atoms with Gasteiger partial charge < -0.3 is 0 Å². The summed E-state index contributed by atoms with van der Waals surface area (Å²) < 4.78 is 39.6. The molecule has 0 radical (unpaired) electrons. The van der Waals surface area contributed by atoms with E-state index in [4.69, 9.17) is 11.6 Å². The van der Waals surface area contributed by atoms with E-state index in [0.717, 1.165) is 30.3 Å². The molecule has 0 saturated heterocycles. The largest absolute Gasteiger partial charge is 0.276 e. The number of nitro groups is 1. The second-order valence-corrected chi connectivity index (χ2v) is 5.91. The van der Waals surface area contributed by atoms with Gasteiger partial charge in [0.25, 0.3) is 15.7 Å². The number of sulfonamides is 1. The normalized spacial score (nSPS) is 11.1. The molecule has 0 aliphatic heterocycles. The van der Waals surface area contributed by atoms with Gasteiger partial charge in [-0.1, -0.05) is 11.6 Å². The number of benzene rings is 1. The molecule has 0 amide bonds. The number of hydrogen-bond donors (Lipinski definition) is 1. The van der Waals surface area contributed by atoms with Crippen LogP contribution in [0.4, 0.5) is 15.8 Å². The third-order valence-corrected chi connectivity index (χ3v) is 3.98. The van der Waals surface area contributed by atoms with Crippen LogP contribution in [0.1, 0.15) is 0 Å². The number of pyridine rings is 1. The van der Waals surface area contributed by atoms with E-state index in [-0.39, 0.29) is 10.0 Å². The van der Waals surface area contributed by atoms with Crippen LogP contribution in [0, 0.1) is 15.9 Å². The van der Waals surface area contributed by atoms with E-state index < -0.39 is 32.1 Å². The number of halogens is 2. The lowest BCUT2D eigenvalue weighted by Crippen LogP contribution is -2.14. The zero-order chi connectivity index (χ0) is 15.6. The fraction of sp³-hybridized carbons (Fsp3) is 0. The Morgan fingerprint density at radius 3 is 2.62 bits per heavy atom. The maximum atomic E-state index is 13.6. The number of aromatic nitrogens is 1. The first-order valence-electron chi connectivity index (χ1n) is 5.38. The minimum absolute atomic E-state index is 0.0580. The summed E-state index contributed by atoms with van der Waals surface area (Å²) in [7, 11) is -4.14. The lowest BCUT2D eigenvalue weighted by Gasteiger charge is -2.08. The van der Waals surface area contributed by atoms with E-state index in [2.05, 4.69) is 4.98 Å². The highest BCUT2D eigenvalue weighted by Crippen LogP contribution is 2.24. The maximum absolute atomic E-state index is 13.6. The summed E-state index contributed by atoms with van der Waals surface area (Å²) in [6, 6.07) is 4.74. The van der Waals surface area contributed by atoms with Crippen molar-refractivity contribution in [2.75, 3.05) is 4.72 Å². The van der Waals surface area contributed by atoms with Crippen molar-refractivity contribution in [3.05, 3.63) is 57.6 Å². The number of nitrogens with zero attached hydrogens (tertiary/aromatic N) is 2. The Hall–Kier alpha value is -2.26. The molecule has 0 fully saturated rings. The van der Waals surface area contributed by atoms with Crippen LogP contribution in [-0.2, 0) is 10.0 Å². The molecule has 10 heteroatoms. The third-order valence-electron chi connectivity index (χ3n) is 2.41. The van der Waals surface area contributed by atoms with Crippen molar-refractivity contribution in [3.8, 4) is 0 Å². The summed E-state index contributed by atoms with van der Waals surface area (Å²) >= 11 is 5.59. The summed E-state index contributed by atoms with van der Waals surface area (Å²) in [4.78, 5) is 13.2. The lowest BCUT2D eigenvalue weighted by molar-refractivity contribution is -0.384.